The van der Waals surface area contributed by atoms with Gasteiger partial charge in [-0.2, -0.15) is 0 Å². The van der Waals surface area contributed by atoms with E-state index in [1.807, 2.05) is 0 Å². The van der Waals surface area contributed by atoms with Crippen LogP contribution in [0.5, 0.6) is 0 Å². The number of non-ortho nitro benzene ring substituents is 2. The molecule has 2 aromatic rings. The van der Waals surface area contributed by atoms with E-state index >= 15 is 0 Å². The molecule has 0 saturated heterocycles. The van der Waals surface area contributed by atoms with Gasteiger partial charge in [-0.15, -0.1) is 0 Å². The van der Waals surface area contributed by atoms with Gasteiger partial charge in [0.2, 0.25) is 0 Å². The van der Waals surface area contributed by atoms with E-state index in [1.165, 1.54) is 39.8 Å². The summed E-state index contributed by atoms with van der Waals surface area (Å²) in [5.41, 5.74) is -7.45. The predicted octanol–water partition coefficient (Wildman–Crippen LogP) is 7.24. The third-order valence-corrected chi connectivity index (χ3v) is 6.52. The van der Waals surface area contributed by atoms with Crippen LogP contribution in [0, 0.1) is 40.5 Å². The topological polar surface area (TPSA) is 208 Å². The van der Waals surface area contributed by atoms with Crippen molar-refractivity contribution in [1.82, 2.24) is 0 Å². The molecule has 0 saturated carbocycles. The maximum atomic E-state index is 13.3. The van der Waals surface area contributed by atoms with Gasteiger partial charge < -0.3 is 9.47 Å². The number of carbonyl (C=O) groups excluding carboxylic acids is 1. The molecule has 0 aliphatic carbocycles. The largest absolute Gasteiger partial charge is 0.510 e. The molecule has 0 fully saturated rings. The van der Waals surface area contributed by atoms with Gasteiger partial charge in [-0.05, 0) is 49.7 Å². The number of nitro groups is 4. The van der Waals surface area contributed by atoms with Crippen molar-refractivity contribution in [2.45, 2.75) is 91.3 Å². The normalized spacial score (nSPS) is 12.4. The van der Waals surface area contributed by atoms with Crippen LogP contribution in [0.3, 0.4) is 0 Å². The van der Waals surface area contributed by atoms with Crippen LogP contribution < -0.4 is 0 Å². The fraction of sp³-hybridized carbons (Fsp3) is 0.519. The zero-order valence-electron chi connectivity index (χ0n) is 25.1. The smallest absolute Gasteiger partial charge is 0.423 e. The number of benzene rings is 2. The lowest BCUT2D eigenvalue weighted by Gasteiger charge is -2.34. The van der Waals surface area contributed by atoms with Gasteiger partial charge in [0.15, 0.2) is 0 Å². The molecule has 0 unspecified atom stereocenters. The Morgan fingerprint density at radius 1 is 0.548 bits per heavy atom. The highest BCUT2D eigenvalue weighted by molar-refractivity contribution is 5.66. The maximum Gasteiger partial charge on any atom is 0.510 e. The number of nitrogens with zero attached hydrogens (tertiary/aromatic N) is 4. The van der Waals surface area contributed by atoms with Gasteiger partial charge in [-0.25, -0.2) is 4.79 Å². The molecule has 0 aromatic heterocycles. The van der Waals surface area contributed by atoms with Crippen LogP contribution in [-0.4, -0.2) is 25.8 Å². The first-order valence-corrected chi connectivity index (χ1v) is 12.7. The zero-order chi connectivity index (χ0) is 32.7. The van der Waals surface area contributed by atoms with Crippen molar-refractivity contribution in [1.29, 1.82) is 0 Å². The van der Waals surface area contributed by atoms with Crippen LogP contribution in [0.15, 0.2) is 24.3 Å². The van der Waals surface area contributed by atoms with Crippen LogP contribution in [-0.2, 0) is 31.5 Å². The van der Waals surface area contributed by atoms with Gasteiger partial charge >= 0.3 is 6.16 Å². The Morgan fingerprint density at radius 2 is 0.833 bits per heavy atom. The van der Waals surface area contributed by atoms with E-state index in [0.717, 1.165) is 12.1 Å². The Balaban J connectivity index is 2.70. The van der Waals surface area contributed by atoms with Crippen LogP contribution in [0.4, 0.5) is 27.5 Å². The van der Waals surface area contributed by atoms with E-state index < -0.39 is 70.6 Å². The summed E-state index contributed by atoms with van der Waals surface area (Å²) in [5, 5.41) is 47.1. The number of ether oxygens (including phenoxy) is 2. The summed E-state index contributed by atoms with van der Waals surface area (Å²) in [7, 11) is 0. The molecule has 15 heteroatoms. The second kappa shape index (κ2) is 10.9. The van der Waals surface area contributed by atoms with E-state index in [0.29, 0.717) is 0 Å². The van der Waals surface area contributed by atoms with Crippen molar-refractivity contribution in [3.63, 3.8) is 0 Å². The first-order valence-electron chi connectivity index (χ1n) is 12.7. The average molecular weight is 591 g/mol. The number of hydrogen-bond donors (Lipinski definition) is 0. The molecule has 2 rings (SSSR count). The second-order valence-electron chi connectivity index (χ2n) is 12.8. The minimum atomic E-state index is -1.78. The molecule has 2 aromatic carbocycles. The average Bonchev–Trinajstić information content (AvgIpc) is 2.80. The van der Waals surface area contributed by atoms with E-state index in [2.05, 4.69) is 0 Å². The predicted molar refractivity (Wildman–Crippen MR) is 151 cm³/mol. The Morgan fingerprint density at radius 3 is 1.05 bits per heavy atom. The number of hydrogen-bond acceptors (Lipinski definition) is 11. The van der Waals surface area contributed by atoms with Gasteiger partial charge in [-0.3, -0.25) is 40.5 Å². The number of rotatable bonds is 8. The number of carbonyl (C=O) groups is 1. The third-order valence-electron chi connectivity index (χ3n) is 6.52. The van der Waals surface area contributed by atoms with Gasteiger partial charge in [0, 0.05) is 12.1 Å². The summed E-state index contributed by atoms with van der Waals surface area (Å²) in [6.07, 6.45) is -1.36. The van der Waals surface area contributed by atoms with E-state index in [9.17, 15) is 45.3 Å². The van der Waals surface area contributed by atoms with Gasteiger partial charge in [0.25, 0.3) is 22.7 Å². The Hall–Kier alpha value is -4.69. The van der Waals surface area contributed by atoms with E-state index in [-0.39, 0.29) is 22.3 Å². The molecular weight excluding hydrogens is 556 g/mol. The summed E-state index contributed by atoms with van der Waals surface area (Å²) in [5.74, 6) is 0. The van der Waals surface area contributed by atoms with Crippen LogP contribution in [0.25, 0.3) is 0 Å². The molecule has 0 radical (unpaired) electrons. The minimum Gasteiger partial charge on any atom is -0.423 e. The monoisotopic (exact) mass is 590 g/mol. The van der Waals surface area contributed by atoms with Crippen molar-refractivity contribution in [3.8, 4) is 0 Å². The van der Waals surface area contributed by atoms with Crippen molar-refractivity contribution in [3.05, 3.63) is 87.0 Å². The quantitative estimate of drug-likeness (QED) is 0.170. The molecular formula is C27H34N4O11. The minimum absolute atomic E-state index is 0.1000. The first-order chi connectivity index (χ1) is 18.8. The molecule has 0 N–H and O–H groups in total. The summed E-state index contributed by atoms with van der Waals surface area (Å²) in [4.78, 5) is 57.2. The highest BCUT2D eigenvalue weighted by atomic mass is 16.7. The zero-order valence-corrected chi connectivity index (χ0v) is 25.1. The van der Waals surface area contributed by atoms with Crippen molar-refractivity contribution < 1.29 is 34.0 Å². The fourth-order valence-corrected chi connectivity index (χ4v) is 4.71. The van der Waals surface area contributed by atoms with E-state index in [4.69, 9.17) is 9.47 Å². The maximum absolute atomic E-state index is 13.3. The van der Waals surface area contributed by atoms with Crippen molar-refractivity contribution in [2.75, 3.05) is 0 Å². The Labute approximate surface area is 241 Å². The molecule has 0 aliphatic heterocycles. The molecule has 42 heavy (non-hydrogen) atoms. The molecule has 0 heterocycles. The lowest BCUT2D eigenvalue weighted by Crippen LogP contribution is -2.35. The standard InChI is InChI=1S/C27H34N4O11/c1-24(2,3)17-11-15(28(33)34)13-19(30(37)38)21(17)26(7,8)41-23(32)42-27(9,10)22-18(25(4,5)6)12-16(29(35)36)14-20(22)31(39)40/h11-14H,1-10H3. The van der Waals surface area contributed by atoms with Gasteiger partial charge in [-0.1, -0.05) is 41.5 Å². The Kier molecular flexibility index (Phi) is 8.74. The third kappa shape index (κ3) is 6.95. The molecule has 0 bridgehead atoms. The summed E-state index contributed by atoms with van der Waals surface area (Å²) < 4.78 is 11.2. The molecule has 0 aliphatic rings. The number of nitro benzene ring substituents is 4. The highest BCUT2D eigenvalue weighted by Gasteiger charge is 2.44. The lowest BCUT2D eigenvalue weighted by molar-refractivity contribution is -0.395. The SMILES string of the molecule is CC(C)(C)c1cc([N+](=O)[O-])cc([N+](=O)[O-])c1C(C)(C)OC(=O)OC(C)(C)c1c([N+](=O)[O-])cc([N+](=O)[O-])cc1C(C)(C)C. The first kappa shape index (κ1) is 33.5. The van der Waals surface area contributed by atoms with Crippen molar-refractivity contribution >= 4 is 28.9 Å². The van der Waals surface area contributed by atoms with Gasteiger partial charge in [0.05, 0.1) is 43.0 Å². The summed E-state index contributed by atoms with van der Waals surface area (Å²) >= 11 is 0. The fourth-order valence-electron chi connectivity index (χ4n) is 4.71. The second-order valence-corrected chi connectivity index (χ2v) is 12.8. The molecule has 0 amide bonds. The van der Waals surface area contributed by atoms with Crippen molar-refractivity contribution in [2.24, 2.45) is 0 Å². The highest BCUT2D eigenvalue weighted by Crippen LogP contribution is 2.45. The lowest BCUT2D eigenvalue weighted by atomic mass is 9.78. The molecule has 228 valence electrons. The van der Waals surface area contributed by atoms with Gasteiger partial charge in [0.1, 0.15) is 11.2 Å². The molecule has 0 atom stereocenters. The van der Waals surface area contributed by atoms with Crippen LogP contribution in [0.2, 0.25) is 0 Å². The summed E-state index contributed by atoms with van der Waals surface area (Å²) in [6, 6.07) is 3.92. The van der Waals surface area contributed by atoms with Crippen LogP contribution >= 0.6 is 0 Å². The molecule has 15 nitrogen and oxygen atoms in total. The molecule has 0 spiro atoms. The van der Waals surface area contributed by atoms with E-state index in [1.54, 1.807) is 41.5 Å². The van der Waals surface area contributed by atoms with Crippen LogP contribution in [0.1, 0.15) is 91.5 Å². The Bertz CT molecular complexity index is 1370. The summed E-state index contributed by atoms with van der Waals surface area (Å²) in [6.45, 7) is 15.5.